The van der Waals surface area contributed by atoms with E-state index in [0.29, 0.717) is 10.2 Å². The second-order valence-electron chi connectivity index (χ2n) is 2.36. The van der Waals surface area contributed by atoms with E-state index in [4.69, 9.17) is 27.0 Å². The van der Waals surface area contributed by atoms with Crippen LogP contribution >= 0.6 is 38.2 Å². The van der Waals surface area contributed by atoms with Gasteiger partial charge >= 0.3 is 0 Å². The zero-order valence-electron chi connectivity index (χ0n) is 6.92. The molecule has 1 aromatic carbocycles. The van der Waals surface area contributed by atoms with Crippen LogP contribution in [0.4, 0.5) is 0 Å². The number of hydrogen-bond donors (Lipinski definition) is 0. The minimum atomic E-state index is -3.84. The van der Waals surface area contributed by atoms with Crippen LogP contribution in [0.1, 0.15) is 0 Å². The molecule has 7 heteroatoms. The fraction of sp³-hybridized carbons (Fsp3) is 0.143. The fourth-order valence-electron chi connectivity index (χ4n) is 0.854. The highest BCUT2D eigenvalue weighted by atomic mass is 79.9. The van der Waals surface area contributed by atoms with Gasteiger partial charge in [-0.3, -0.25) is 0 Å². The van der Waals surface area contributed by atoms with Crippen LogP contribution in [-0.2, 0) is 9.05 Å². The minimum Gasteiger partial charge on any atom is -0.496 e. The molecule has 0 saturated carbocycles. The summed E-state index contributed by atoms with van der Waals surface area (Å²) in [5.41, 5.74) is 0. The summed E-state index contributed by atoms with van der Waals surface area (Å²) in [5.74, 6) is 0.355. The van der Waals surface area contributed by atoms with Gasteiger partial charge in [0.25, 0.3) is 9.05 Å². The molecule has 78 valence electrons. The summed E-state index contributed by atoms with van der Waals surface area (Å²) >= 11 is 8.85. The van der Waals surface area contributed by atoms with Gasteiger partial charge in [-0.15, -0.1) is 0 Å². The number of benzene rings is 1. The van der Waals surface area contributed by atoms with E-state index >= 15 is 0 Å². The Kier molecular flexibility index (Phi) is 3.69. The van der Waals surface area contributed by atoms with Crippen LogP contribution in [0.3, 0.4) is 0 Å². The average molecular weight is 320 g/mol. The first kappa shape index (κ1) is 12.1. The minimum absolute atomic E-state index is 0.0488. The Morgan fingerprint density at radius 3 is 2.43 bits per heavy atom. The van der Waals surface area contributed by atoms with Crippen LogP contribution in [0.2, 0.25) is 5.02 Å². The van der Waals surface area contributed by atoms with Gasteiger partial charge in [-0.2, -0.15) is 0 Å². The van der Waals surface area contributed by atoms with Crippen molar-refractivity contribution in [1.82, 2.24) is 0 Å². The SMILES string of the molecule is COc1cc(S(=O)(=O)Cl)c(Cl)cc1Br. The van der Waals surface area contributed by atoms with Crippen molar-refractivity contribution >= 4 is 47.3 Å². The van der Waals surface area contributed by atoms with Crippen LogP contribution in [-0.4, -0.2) is 15.5 Å². The van der Waals surface area contributed by atoms with Gasteiger partial charge in [0.05, 0.1) is 16.6 Å². The molecule has 0 aliphatic rings. The van der Waals surface area contributed by atoms with Gasteiger partial charge in [-0.1, -0.05) is 11.6 Å². The molecule has 0 heterocycles. The number of halogens is 3. The summed E-state index contributed by atoms with van der Waals surface area (Å²) in [6.07, 6.45) is 0. The summed E-state index contributed by atoms with van der Waals surface area (Å²) in [6.45, 7) is 0. The summed E-state index contributed by atoms with van der Waals surface area (Å²) in [4.78, 5) is -0.166. The Morgan fingerprint density at radius 2 is 2.00 bits per heavy atom. The van der Waals surface area contributed by atoms with Gasteiger partial charge in [0, 0.05) is 16.7 Å². The predicted molar refractivity (Wildman–Crippen MR) is 58.7 cm³/mol. The Hall–Kier alpha value is 0.0300. The highest BCUT2D eigenvalue weighted by Gasteiger charge is 2.17. The maximum atomic E-state index is 11.0. The molecular weight excluding hydrogens is 315 g/mol. The molecule has 0 amide bonds. The first-order chi connectivity index (χ1) is 6.36. The van der Waals surface area contributed by atoms with Crippen molar-refractivity contribution in [2.24, 2.45) is 0 Å². The van der Waals surface area contributed by atoms with E-state index in [9.17, 15) is 8.42 Å². The third-order valence-electron chi connectivity index (χ3n) is 1.47. The fourth-order valence-corrected chi connectivity index (χ4v) is 3.00. The van der Waals surface area contributed by atoms with Gasteiger partial charge in [-0.05, 0) is 22.0 Å². The van der Waals surface area contributed by atoms with Gasteiger partial charge in [-0.25, -0.2) is 8.42 Å². The molecule has 0 atom stereocenters. The van der Waals surface area contributed by atoms with Crippen LogP contribution in [0.5, 0.6) is 5.75 Å². The van der Waals surface area contributed by atoms with Gasteiger partial charge < -0.3 is 4.74 Å². The first-order valence-electron chi connectivity index (χ1n) is 3.34. The molecule has 0 radical (unpaired) electrons. The summed E-state index contributed by atoms with van der Waals surface area (Å²) in [7, 11) is 2.73. The van der Waals surface area contributed by atoms with E-state index in [1.165, 1.54) is 19.2 Å². The lowest BCUT2D eigenvalue weighted by Crippen LogP contribution is -1.94. The Bertz CT molecular complexity index is 458. The summed E-state index contributed by atoms with van der Waals surface area (Å²) < 4.78 is 27.6. The van der Waals surface area contributed by atoms with E-state index in [0.717, 1.165) is 0 Å². The zero-order chi connectivity index (χ0) is 10.9. The van der Waals surface area contributed by atoms with Gasteiger partial charge in [0.1, 0.15) is 10.6 Å². The monoisotopic (exact) mass is 318 g/mol. The molecule has 0 unspecified atom stereocenters. The van der Waals surface area contributed by atoms with Crippen molar-refractivity contribution in [3.63, 3.8) is 0 Å². The number of methoxy groups -OCH3 is 1. The molecule has 0 fully saturated rings. The third-order valence-corrected chi connectivity index (χ3v) is 3.88. The third kappa shape index (κ3) is 2.53. The summed E-state index contributed by atoms with van der Waals surface area (Å²) in [6, 6.07) is 2.67. The quantitative estimate of drug-likeness (QED) is 0.787. The van der Waals surface area contributed by atoms with E-state index in [2.05, 4.69) is 15.9 Å². The number of hydrogen-bond acceptors (Lipinski definition) is 3. The normalized spacial score (nSPS) is 11.4. The van der Waals surface area contributed by atoms with Crippen molar-refractivity contribution < 1.29 is 13.2 Å². The standard InChI is InChI=1S/C7H5BrCl2O3S/c1-13-6-3-7(14(10,11)12)5(9)2-4(6)8/h2-3H,1H3. The molecule has 0 spiro atoms. The van der Waals surface area contributed by atoms with E-state index in [1.54, 1.807) is 0 Å². The Morgan fingerprint density at radius 1 is 1.43 bits per heavy atom. The zero-order valence-corrected chi connectivity index (χ0v) is 10.8. The molecule has 3 nitrogen and oxygen atoms in total. The lowest BCUT2D eigenvalue weighted by Gasteiger charge is -2.06. The first-order valence-corrected chi connectivity index (χ1v) is 6.82. The predicted octanol–water partition coefficient (Wildman–Crippen LogP) is 3.04. The number of ether oxygens (including phenoxy) is 1. The molecule has 0 aliphatic heterocycles. The van der Waals surface area contributed by atoms with Crippen molar-refractivity contribution in [2.75, 3.05) is 7.11 Å². The van der Waals surface area contributed by atoms with E-state index in [1.807, 2.05) is 0 Å². The van der Waals surface area contributed by atoms with Crippen molar-refractivity contribution in [3.8, 4) is 5.75 Å². The van der Waals surface area contributed by atoms with Crippen LogP contribution in [0.15, 0.2) is 21.5 Å². The smallest absolute Gasteiger partial charge is 0.262 e. The maximum Gasteiger partial charge on any atom is 0.262 e. The Labute approximate surface area is 99.5 Å². The lowest BCUT2D eigenvalue weighted by molar-refractivity contribution is 0.411. The van der Waals surface area contributed by atoms with Crippen LogP contribution in [0.25, 0.3) is 0 Å². The molecular formula is C7H5BrCl2O3S. The van der Waals surface area contributed by atoms with Crippen LogP contribution in [0, 0.1) is 0 Å². The largest absolute Gasteiger partial charge is 0.496 e. The summed E-state index contributed by atoms with van der Waals surface area (Å²) in [5, 5.41) is 0.0488. The molecule has 1 rings (SSSR count). The topological polar surface area (TPSA) is 43.4 Å². The highest BCUT2D eigenvalue weighted by Crippen LogP contribution is 2.34. The second-order valence-corrected chi connectivity index (χ2v) is 6.15. The van der Waals surface area contributed by atoms with Gasteiger partial charge in [0.2, 0.25) is 0 Å². The van der Waals surface area contributed by atoms with E-state index in [-0.39, 0.29) is 9.92 Å². The molecule has 0 aromatic heterocycles. The van der Waals surface area contributed by atoms with Crippen molar-refractivity contribution in [2.45, 2.75) is 4.90 Å². The average Bonchev–Trinajstić information content (AvgIpc) is 2.02. The molecule has 0 saturated heterocycles. The number of rotatable bonds is 2. The highest BCUT2D eigenvalue weighted by molar-refractivity contribution is 9.10. The lowest BCUT2D eigenvalue weighted by atomic mass is 10.3. The molecule has 0 aliphatic carbocycles. The second kappa shape index (κ2) is 4.26. The maximum absolute atomic E-state index is 11.0. The van der Waals surface area contributed by atoms with E-state index < -0.39 is 9.05 Å². The van der Waals surface area contributed by atoms with Crippen molar-refractivity contribution in [1.29, 1.82) is 0 Å². The Balaban J connectivity index is 3.47. The molecule has 0 bridgehead atoms. The molecule has 1 aromatic rings. The molecule has 14 heavy (non-hydrogen) atoms. The van der Waals surface area contributed by atoms with Crippen LogP contribution < -0.4 is 4.74 Å². The van der Waals surface area contributed by atoms with Gasteiger partial charge in [0.15, 0.2) is 0 Å². The van der Waals surface area contributed by atoms with Crippen molar-refractivity contribution in [3.05, 3.63) is 21.6 Å². The molecule has 0 N–H and O–H groups in total.